The maximum atomic E-state index is 12.0. The summed E-state index contributed by atoms with van der Waals surface area (Å²) in [5.41, 5.74) is 2.28. The largest absolute Gasteiger partial charge is 0.321 e. The third-order valence-corrected chi connectivity index (χ3v) is 3.50. The number of rotatable bonds is 2. The summed E-state index contributed by atoms with van der Waals surface area (Å²) < 4.78 is 0.907. The minimum Gasteiger partial charge on any atom is -0.321 e. The van der Waals surface area contributed by atoms with Gasteiger partial charge in [-0.2, -0.15) is 0 Å². The fourth-order valence-electron chi connectivity index (χ4n) is 1.39. The topological polar surface area (TPSA) is 42.0 Å². The van der Waals surface area contributed by atoms with E-state index in [2.05, 4.69) is 26.2 Å². The van der Waals surface area contributed by atoms with Gasteiger partial charge in [-0.1, -0.05) is 33.6 Å². The van der Waals surface area contributed by atoms with Crippen LogP contribution < -0.4 is 5.32 Å². The highest BCUT2D eigenvalue weighted by atomic mass is 79.9. The zero-order valence-corrected chi connectivity index (χ0v) is 11.9. The lowest BCUT2D eigenvalue weighted by Crippen LogP contribution is -2.12. The zero-order valence-electron chi connectivity index (χ0n) is 9.58. The molecule has 0 spiro atoms. The van der Waals surface area contributed by atoms with E-state index < -0.39 is 0 Å². The lowest BCUT2D eigenvalue weighted by atomic mass is 10.1. The molecule has 0 atom stereocenters. The second-order valence-electron chi connectivity index (χ2n) is 3.79. The van der Waals surface area contributed by atoms with Gasteiger partial charge in [-0.05, 0) is 36.8 Å². The summed E-state index contributed by atoms with van der Waals surface area (Å²) in [5, 5.41) is 3.15. The van der Waals surface area contributed by atoms with E-state index in [-0.39, 0.29) is 5.91 Å². The van der Waals surface area contributed by atoms with Crippen molar-refractivity contribution in [2.45, 2.75) is 6.92 Å². The molecule has 5 heteroatoms. The van der Waals surface area contributed by atoms with E-state index in [4.69, 9.17) is 11.6 Å². The summed E-state index contributed by atoms with van der Waals surface area (Å²) in [6.45, 7) is 1.97. The first-order valence-corrected chi connectivity index (χ1v) is 6.42. The number of anilines is 1. The first-order chi connectivity index (χ1) is 8.56. The fourth-order valence-corrected chi connectivity index (χ4v) is 1.88. The molecule has 0 bridgehead atoms. The zero-order chi connectivity index (χ0) is 13.1. The van der Waals surface area contributed by atoms with E-state index in [9.17, 15) is 4.79 Å². The van der Waals surface area contributed by atoms with E-state index >= 15 is 0 Å². The number of aryl methyl sites for hydroxylation is 1. The Labute approximate surface area is 118 Å². The average molecular weight is 326 g/mol. The Morgan fingerprint density at radius 1 is 1.33 bits per heavy atom. The summed E-state index contributed by atoms with van der Waals surface area (Å²) in [6, 6.07) is 8.78. The second kappa shape index (κ2) is 5.50. The van der Waals surface area contributed by atoms with Crippen molar-refractivity contribution in [2.24, 2.45) is 0 Å². The maximum Gasteiger partial charge on any atom is 0.255 e. The van der Waals surface area contributed by atoms with Crippen LogP contribution in [0, 0.1) is 6.92 Å². The van der Waals surface area contributed by atoms with Crippen molar-refractivity contribution in [3.8, 4) is 0 Å². The quantitative estimate of drug-likeness (QED) is 0.846. The first-order valence-electron chi connectivity index (χ1n) is 5.25. The fraction of sp³-hybridized carbons (Fsp3) is 0.0769. The summed E-state index contributed by atoms with van der Waals surface area (Å²) in [4.78, 5) is 15.9. The smallest absolute Gasteiger partial charge is 0.255 e. The number of carbonyl (C=O) groups is 1. The van der Waals surface area contributed by atoms with Crippen molar-refractivity contribution in [1.29, 1.82) is 0 Å². The van der Waals surface area contributed by atoms with E-state index in [0.29, 0.717) is 16.4 Å². The highest BCUT2D eigenvalue weighted by Crippen LogP contribution is 2.18. The van der Waals surface area contributed by atoms with Crippen molar-refractivity contribution in [3.05, 3.63) is 57.3 Å². The van der Waals surface area contributed by atoms with E-state index in [1.807, 2.05) is 13.0 Å². The van der Waals surface area contributed by atoms with Gasteiger partial charge in [0.1, 0.15) is 5.15 Å². The molecule has 3 nitrogen and oxygen atoms in total. The van der Waals surface area contributed by atoms with Crippen LogP contribution >= 0.6 is 27.5 Å². The Morgan fingerprint density at radius 2 is 2.11 bits per heavy atom. The molecule has 0 saturated heterocycles. The summed E-state index contributed by atoms with van der Waals surface area (Å²) >= 11 is 9.07. The van der Waals surface area contributed by atoms with Crippen molar-refractivity contribution >= 4 is 39.1 Å². The minimum atomic E-state index is -0.181. The van der Waals surface area contributed by atoms with Crippen molar-refractivity contribution in [2.75, 3.05) is 5.32 Å². The number of carbonyl (C=O) groups excluding carboxylic acids is 1. The Balaban J connectivity index is 2.16. The molecule has 1 aromatic heterocycles. The molecule has 0 fully saturated rings. The highest BCUT2D eigenvalue weighted by molar-refractivity contribution is 9.10. The maximum absolute atomic E-state index is 12.0. The van der Waals surface area contributed by atoms with Gasteiger partial charge in [0, 0.05) is 10.0 Å². The number of halogens is 2. The Bertz CT molecular complexity index is 584. The van der Waals surface area contributed by atoms with Crippen molar-refractivity contribution in [1.82, 2.24) is 4.98 Å². The SMILES string of the molecule is Cc1ccc(C(=O)Nc2ccc(Cl)nc2)cc1Br. The van der Waals surface area contributed by atoms with Gasteiger partial charge in [0.05, 0.1) is 11.9 Å². The number of benzene rings is 1. The molecule has 0 aliphatic heterocycles. The molecule has 0 aliphatic carbocycles. The molecule has 1 heterocycles. The first kappa shape index (κ1) is 13.1. The molecule has 18 heavy (non-hydrogen) atoms. The lowest BCUT2D eigenvalue weighted by Gasteiger charge is -2.06. The van der Waals surface area contributed by atoms with Crippen LogP contribution in [0.1, 0.15) is 15.9 Å². The van der Waals surface area contributed by atoms with Crippen LogP contribution in [0.15, 0.2) is 41.0 Å². The monoisotopic (exact) mass is 324 g/mol. The molecule has 92 valence electrons. The van der Waals surface area contributed by atoms with Crippen LogP contribution in [0.3, 0.4) is 0 Å². The van der Waals surface area contributed by atoms with Crippen LogP contribution in [0.2, 0.25) is 5.15 Å². The van der Waals surface area contributed by atoms with Gasteiger partial charge in [-0.25, -0.2) is 4.98 Å². The van der Waals surface area contributed by atoms with Crippen LogP contribution in [-0.2, 0) is 0 Å². The van der Waals surface area contributed by atoms with E-state index in [0.717, 1.165) is 10.0 Å². The number of nitrogens with one attached hydrogen (secondary N) is 1. The standard InChI is InChI=1S/C13H10BrClN2O/c1-8-2-3-9(6-11(8)14)13(18)17-10-4-5-12(15)16-7-10/h2-7H,1H3,(H,17,18). The van der Waals surface area contributed by atoms with Crippen molar-refractivity contribution < 1.29 is 4.79 Å². The molecule has 0 aliphatic rings. The molecular formula is C13H10BrClN2O. The predicted octanol–water partition coefficient (Wildman–Crippen LogP) is 4.06. The van der Waals surface area contributed by atoms with Crippen LogP contribution in [0.4, 0.5) is 5.69 Å². The lowest BCUT2D eigenvalue weighted by molar-refractivity contribution is 0.102. The number of hydrogen-bond acceptors (Lipinski definition) is 2. The van der Waals surface area contributed by atoms with Crippen molar-refractivity contribution in [3.63, 3.8) is 0 Å². The van der Waals surface area contributed by atoms with E-state index in [1.54, 1.807) is 24.3 Å². The van der Waals surface area contributed by atoms with E-state index in [1.165, 1.54) is 6.20 Å². The number of aromatic nitrogens is 1. The summed E-state index contributed by atoms with van der Waals surface area (Å²) in [7, 11) is 0. The van der Waals surface area contributed by atoms with Gasteiger partial charge < -0.3 is 5.32 Å². The minimum absolute atomic E-state index is 0.181. The Kier molecular flexibility index (Phi) is 3.99. The molecule has 2 aromatic rings. The molecule has 0 radical (unpaired) electrons. The van der Waals surface area contributed by atoms with Crippen LogP contribution in [-0.4, -0.2) is 10.9 Å². The molecule has 1 amide bonds. The molecular weight excluding hydrogens is 316 g/mol. The van der Waals surface area contributed by atoms with Gasteiger partial charge >= 0.3 is 0 Å². The Hall–Kier alpha value is -1.39. The Morgan fingerprint density at radius 3 is 2.72 bits per heavy atom. The highest BCUT2D eigenvalue weighted by Gasteiger charge is 2.07. The number of hydrogen-bond donors (Lipinski definition) is 1. The van der Waals surface area contributed by atoms with Crippen LogP contribution in [0.5, 0.6) is 0 Å². The summed E-state index contributed by atoms with van der Waals surface area (Å²) in [6.07, 6.45) is 1.52. The normalized spacial score (nSPS) is 10.2. The van der Waals surface area contributed by atoms with Gasteiger partial charge in [0.15, 0.2) is 0 Å². The van der Waals surface area contributed by atoms with Gasteiger partial charge in [-0.3, -0.25) is 4.79 Å². The molecule has 1 N–H and O–H groups in total. The predicted molar refractivity (Wildman–Crippen MR) is 76.1 cm³/mol. The second-order valence-corrected chi connectivity index (χ2v) is 5.03. The summed E-state index contributed by atoms with van der Waals surface area (Å²) in [5.74, 6) is -0.181. The molecule has 1 aromatic carbocycles. The van der Waals surface area contributed by atoms with Gasteiger partial charge in [0.25, 0.3) is 5.91 Å². The van der Waals surface area contributed by atoms with Crippen LogP contribution in [0.25, 0.3) is 0 Å². The number of pyridine rings is 1. The van der Waals surface area contributed by atoms with Gasteiger partial charge in [0.2, 0.25) is 0 Å². The third-order valence-electron chi connectivity index (χ3n) is 2.42. The number of nitrogens with zero attached hydrogens (tertiary/aromatic N) is 1. The molecule has 2 rings (SSSR count). The third kappa shape index (κ3) is 3.09. The van der Waals surface area contributed by atoms with Gasteiger partial charge in [-0.15, -0.1) is 0 Å². The molecule has 0 saturated carbocycles. The number of amides is 1. The average Bonchev–Trinajstić information content (AvgIpc) is 2.35. The molecule has 0 unspecified atom stereocenters.